The van der Waals surface area contributed by atoms with Crippen molar-refractivity contribution in [2.24, 2.45) is 5.92 Å². The molecule has 2 aliphatic rings. The molecule has 0 amide bonds. The summed E-state index contributed by atoms with van der Waals surface area (Å²) in [5, 5.41) is 18.0. The molecule has 1 N–H and O–H groups in total. The molecule has 4 rings (SSSR count). The Morgan fingerprint density at radius 2 is 2.12 bits per heavy atom. The zero-order chi connectivity index (χ0) is 18.1. The van der Waals surface area contributed by atoms with E-state index in [0.717, 1.165) is 18.4 Å². The summed E-state index contributed by atoms with van der Waals surface area (Å²) in [5.41, 5.74) is 1.10. The first-order valence-electron chi connectivity index (χ1n) is 8.84. The fourth-order valence-electron chi connectivity index (χ4n) is 3.83. The highest BCUT2D eigenvalue weighted by Gasteiger charge is 2.40. The lowest BCUT2D eigenvalue weighted by Gasteiger charge is -2.22. The van der Waals surface area contributed by atoms with Gasteiger partial charge in [0.15, 0.2) is 0 Å². The van der Waals surface area contributed by atoms with Gasteiger partial charge in [0.2, 0.25) is 10.0 Å². The maximum absolute atomic E-state index is 13.1. The van der Waals surface area contributed by atoms with E-state index in [4.69, 9.17) is 4.74 Å². The van der Waals surface area contributed by atoms with Crippen LogP contribution in [0.4, 0.5) is 0 Å². The standard InChI is InChI=1S/C17H23N3O4S2/c21-11-14-8-19(10-17(14)13-3-6-25-12-13)26(22,23)16-7-18-20(9-16)15-1-4-24-5-2-15/h3,6-7,9,12,14-15,17,21H,1-2,4-5,8,10-11H2/t14-,17-/m1/s1. The second kappa shape index (κ2) is 7.40. The van der Waals surface area contributed by atoms with Crippen LogP contribution < -0.4 is 0 Å². The summed E-state index contributed by atoms with van der Waals surface area (Å²) in [5.74, 6) is -0.0449. The Hall–Kier alpha value is -1.26. The van der Waals surface area contributed by atoms with Crippen molar-refractivity contribution in [2.75, 3.05) is 32.9 Å². The summed E-state index contributed by atoms with van der Waals surface area (Å²) in [6.07, 6.45) is 4.77. The first-order chi connectivity index (χ1) is 12.6. The van der Waals surface area contributed by atoms with Crippen LogP contribution >= 0.6 is 11.3 Å². The van der Waals surface area contributed by atoms with E-state index >= 15 is 0 Å². The van der Waals surface area contributed by atoms with E-state index in [1.807, 2.05) is 16.8 Å². The molecule has 2 fully saturated rings. The van der Waals surface area contributed by atoms with Gasteiger partial charge in [0.05, 0.1) is 12.2 Å². The molecule has 9 heteroatoms. The average Bonchev–Trinajstić information content (AvgIpc) is 3.42. The van der Waals surface area contributed by atoms with Gasteiger partial charge in [-0.2, -0.15) is 20.7 Å². The molecule has 142 valence electrons. The number of sulfonamides is 1. The topological polar surface area (TPSA) is 84.7 Å². The van der Waals surface area contributed by atoms with Crippen LogP contribution in [-0.2, 0) is 14.8 Å². The molecule has 0 saturated carbocycles. The van der Waals surface area contributed by atoms with Gasteiger partial charge in [-0.05, 0) is 35.2 Å². The Kier molecular flexibility index (Phi) is 5.15. The van der Waals surface area contributed by atoms with Gasteiger partial charge in [0.1, 0.15) is 4.90 Å². The van der Waals surface area contributed by atoms with Crippen molar-refractivity contribution < 1.29 is 18.3 Å². The summed E-state index contributed by atoms with van der Waals surface area (Å²) in [7, 11) is -3.61. The molecule has 26 heavy (non-hydrogen) atoms. The summed E-state index contributed by atoms with van der Waals surface area (Å²) in [6, 6.07) is 2.20. The summed E-state index contributed by atoms with van der Waals surface area (Å²) >= 11 is 1.59. The smallest absolute Gasteiger partial charge is 0.246 e. The summed E-state index contributed by atoms with van der Waals surface area (Å²) in [4.78, 5) is 0.228. The number of aliphatic hydroxyl groups excluding tert-OH is 1. The molecular weight excluding hydrogens is 374 g/mol. The van der Waals surface area contributed by atoms with Gasteiger partial charge in [-0.25, -0.2) is 8.42 Å². The quantitative estimate of drug-likeness (QED) is 0.830. The van der Waals surface area contributed by atoms with Crippen molar-refractivity contribution in [3.63, 3.8) is 0 Å². The van der Waals surface area contributed by atoms with Crippen molar-refractivity contribution in [3.05, 3.63) is 34.8 Å². The normalized spacial score (nSPS) is 25.7. The maximum Gasteiger partial charge on any atom is 0.246 e. The highest BCUT2D eigenvalue weighted by atomic mass is 32.2. The lowest BCUT2D eigenvalue weighted by Crippen LogP contribution is -2.29. The molecule has 0 radical (unpaired) electrons. The number of ether oxygens (including phenoxy) is 1. The van der Waals surface area contributed by atoms with Crippen molar-refractivity contribution in [1.82, 2.24) is 14.1 Å². The molecule has 2 aliphatic heterocycles. The summed E-state index contributed by atoms with van der Waals surface area (Å²) in [6.45, 7) is 2.07. The van der Waals surface area contributed by atoms with E-state index in [0.29, 0.717) is 26.3 Å². The number of aromatic nitrogens is 2. The largest absolute Gasteiger partial charge is 0.396 e. The SMILES string of the molecule is O=S(=O)(c1cnn(C2CCOCC2)c1)N1C[C@H](CO)[C@@H](c2ccsc2)C1. The predicted octanol–water partition coefficient (Wildman–Crippen LogP) is 1.69. The molecule has 0 bridgehead atoms. The van der Waals surface area contributed by atoms with E-state index in [2.05, 4.69) is 5.10 Å². The van der Waals surface area contributed by atoms with Crippen LogP contribution in [0, 0.1) is 5.92 Å². The van der Waals surface area contributed by atoms with E-state index in [1.165, 1.54) is 10.5 Å². The van der Waals surface area contributed by atoms with E-state index in [1.54, 1.807) is 22.2 Å². The van der Waals surface area contributed by atoms with Crippen LogP contribution in [0.1, 0.15) is 30.4 Å². The second-order valence-corrected chi connectivity index (χ2v) is 9.65. The van der Waals surface area contributed by atoms with E-state index in [9.17, 15) is 13.5 Å². The molecule has 0 unspecified atom stereocenters. The minimum atomic E-state index is -3.61. The van der Waals surface area contributed by atoms with Crippen LogP contribution in [0.3, 0.4) is 0 Å². The van der Waals surface area contributed by atoms with Gasteiger partial charge < -0.3 is 9.84 Å². The third-order valence-electron chi connectivity index (χ3n) is 5.39. The van der Waals surface area contributed by atoms with Crippen LogP contribution in [0.15, 0.2) is 34.1 Å². The molecule has 7 nitrogen and oxygen atoms in total. The van der Waals surface area contributed by atoms with Crippen LogP contribution in [0.2, 0.25) is 0 Å². The van der Waals surface area contributed by atoms with Gasteiger partial charge in [0, 0.05) is 50.9 Å². The minimum Gasteiger partial charge on any atom is -0.396 e. The average molecular weight is 398 g/mol. The first kappa shape index (κ1) is 18.1. The van der Waals surface area contributed by atoms with Gasteiger partial charge >= 0.3 is 0 Å². The van der Waals surface area contributed by atoms with E-state index < -0.39 is 10.0 Å². The summed E-state index contributed by atoms with van der Waals surface area (Å²) < 4.78 is 34.8. The van der Waals surface area contributed by atoms with E-state index in [-0.39, 0.29) is 29.4 Å². The van der Waals surface area contributed by atoms with Crippen LogP contribution in [0.25, 0.3) is 0 Å². The van der Waals surface area contributed by atoms with Crippen molar-refractivity contribution in [1.29, 1.82) is 0 Å². The zero-order valence-electron chi connectivity index (χ0n) is 14.4. The fourth-order valence-corrected chi connectivity index (χ4v) is 6.02. The third-order valence-corrected chi connectivity index (χ3v) is 7.88. The van der Waals surface area contributed by atoms with Crippen molar-refractivity contribution in [3.8, 4) is 0 Å². The molecule has 2 saturated heterocycles. The number of rotatable bonds is 5. The molecule has 4 heterocycles. The van der Waals surface area contributed by atoms with Crippen molar-refractivity contribution in [2.45, 2.75) is 29.7 Å². The number of aliphatic hydroxyl groups is 1. The Balaban J connectivity index is 1.54. The number of hydrogen-bond acceptors (Lipinski definition) is 6. The second-order valence-electron chi connectivity index (χ2n) is 6.93. The first-order valence-corrected chi connectivity index (χ1v) is 11.2. The van der Waals surface area contributed by atoms with Gasteiger partial charge in [-0.1, -0.05) is 0 Å². The van der Waals surface area contributed by atoms with Crippen molar-refractivity contribution >= 4 is 21.4 Å². The highest BCUT2D eigenvalue weighted by Crippen LogP contribution is 2.36. The molecule has 2 aromatic rings. The molecule has 0 aromatic carbocycles. The maximum atomic E-state index is 13.1. The monoisotopic (exact) mass is 397 g/mol. The molecular formula is C17H23N3O4S2. The molecule has 0 aliphatic carbocycles. The number of nitrogens with zero attached hydrogens (tertiary/aromatic N) is 3. The Labute approximate surface area is 157 Å². The highest BCUT2D eigenvalue weighted by molar-refractivity contribution is 7.89. The predicted molar refractivity (Wildman–Crippen MR) is 97.7 cm³/mol. The Bertz CT molecular complexity index is 828. The molecule has 2 atom stereocenters. The van der Waals surface area contributed by atoms with Crippen LogP contribution in [0.5, 0.6) is 0 Å². The van der Waals surface area contributed by atoms with Gasteiger partial charge in [-0.15, -0.1) is 0 Å². The minimum absolute atomic E-state index is 0.0200. The van der Waals surface area contributed by atoms with Gasteiger partial charge in [-0.3, -0.25) is 4.68 Å². The Morgan fingerprint density at radius 3 is 2.81 bits per heavy atom. The zero-order valence-corrected chi connectivity index (χ0v) is 16.0. The Morgan fingerprint density at radius 1 is 1.31 bits per heavy atom. The fraction of sp³-hybridized carbons (Fsp3) is 0.588. The lowest BCUT2D eigenvalue weighted by molar-refractivity contribution is 0.0662. The van der Waals surface area contributed by atoms with Crippen LogP contribution in [-0.4, -0.2) is 60.5 Å². The molecule has 0 spiro atoms. The van der Waals surface area contributed by atoms with Gasteiger partial charge in [0.25, 0.3) is 0 Å². The number of hydrogen-bond donors (Lipinski definition) is 1. The lowest BCUT2D eigenvalue weighted by atomic mass is 9.92. The number of thiophene rings is 1. The third kappa shape index (κ3) is 3.34. The molecule has 2 aromatic heterocycles.